The van der Waals surface area contributed by atoms with E-state index in [0.717, 1.165) is 23.2 Å². The van der Waals surface area contributed by atoms with Crippen LogP contribution in [-0.4, -0.2) is 15.9 Å². The summed E-state index contributed by atoms with van der Waals surface area (Å²) in [7, 11) is 0. The molecule has 0 amide bonds. The van der Waals surface area contributed by atoms with Gasteiger partial charge in [-0.3, -0.25) is 9.78 Å². The number of benzene rings is 2. The first kappa shape index (κ1) is 15.9. The first-order valence-corrected chi connectivity index (χ1v) is 7.98. The standard InChI is InChI=1S/C21H19NO2/c1-3-15-6-11-20(23)18(12-15)21(24)17-9-10-19(22-13-17)16-7-4-14(2)5-8-16/h4-13,23H,3H2,1-2H3. The number of aromatic hydroxyl groups is 1. The maximum Gasteiger partial charge on any atom is 0.198 e. The molecule has 1 heterocycles. The van der Waals surface area contributed by atoms with E-state index in [-0.39, 0.29) is 11.5 Å². The smallest absolute Gasteiger partial charge is 0.198 e. The molecule has 0 unspecified atom stereocenters. The van der Waals surface area contributed by atoms with E-state index in [4.69, 9.17) is 0 Å². The molecule has 0 radical (unpaired) electrons. The minimum absolute atomic E-state index is 0.000175. The normalized spacial score (nSPS) is 10.6. The summed E-state index contributed by atoms with van der Waals surface area (Å²) in [6.45, 7) is 4.05. The molecular formula is C21H19NO2. The molecule has 120 valence electrons. The number of pyridine rings is 1. The van der Waals surface area contributed by atoms with Gasteiger partial charge in [-0.25, -0.2) is 0 Å². The predicted molar refractivity (Wildman–Crippen MR) is 95.3 cm³/mol. The highest BCUT2D eigenvalue weighted by Crippen LogP contribution is 2.23. The van der Waals surface area contributed by atoms with Crippen molar-refractivity contribution in [2.45, 2.75) is 20.3 Å². The zero-order valence-electron chi connectivity index (χ0n) is 13.8. The summed E-state index contributed by atoms with van der Waals surface area (Å²) in [5, 5.41) is 9.98. The number of carbonyl (C=O) groups excluding carboxylic acids is 1. The highest BCUT2D eigenvalue weighted by molar-refractivity contribution is 6.10. The second kappa shape index (κ2) is 6.67. The SMILES string of the molecule is CCc1ccc(O)c(C(=O)c2ccc(-c3ccc(C)cc3)nc2)c1. The summed E-state index contributed by atoms with van der Waals surface area (Å²) < 4.78 is 0. The van der Waals surface area contributed by atoms with E-state index in [1.807, 2.05) is 50.2 Å². The quantitative estimate of drug-likeness (QED) is 0.718. The number of aryl methyl sites for hydroxylation is 2. The Labute approximate surface area is 141 Å². The molecule has 0 bridgehead atoms. The fourth-order valence-corrected chi connectivity index (χ4v) is 2.56. The Kier molecular flexibility index (Phi) is 4.43. The van der Waals surface area contributed by atoms with Crippen LogP contribution < -0.4 is 0 Å². The number of phenols is 1. The van der Waals surface area contributed by atoms with Crippen LogP contribution in [0.3, 0.4) is 0 Å². The molecule has 3 aromatic rings. The van der Waals surface area contributed by atoms with E-state index in [9.17, 15) is 9.90 Å². The van der Waals surface area contributed by atoms with Crippen LogP contribution >= 0.6 is 0 Å². The summed E-state index contributed by atoms with van der Waals surface area (Å²) in [5.41, 5.74) is 4.82. The topological polar surface area (TPSA) is 50.2 Å². The highest BCUT2D eigenvalue weighted by atomic mass is 16.3. The van der Waals surface area contributed by atoms with Gasteiger partial charge in [0.1, 0.15) is 5.75 Å². The summed E-state index contributed by atoms with van der Waals surface area (Å²) in [4.78, 5) is 17.0. The molecular weight excluding hydrogens is 298 g/mol. The molecule has 0 spiro atoms. The van der Waals surface area contributed by atoms with Crippen molar-refractivity contribution in [1.82, 2.24) is 4.98 Å². The van der Waals surface area contributed by atoms with E-state index in [0.29, 0.717) is 11.1 Å². The molecule has 0 saturated carbocycles. The van der Waals surface area contributed by atoms with Gasteiger partial charge in [0.25, 0.3) is 0 Å². The first-order chi connectivity index (χ1) is 11.6. The second-order valence-electron chi connectivity index (χ2n) is 5.83. The van der Waals surface area contributed by atoms with Crippen LogP contribution in [0.2, 0.25) is 0 Å². The summed E-state index contributed by atoms with van der Waals surface area (Å²) in [6.07, 6.45) is 2.38. The Morgan fingerprint density at radius 3 is 2.42 bits per heavy atom. The molecule has 3 nitrogen and oxygen atoms in total. The molecule has 0 aliphatic carbocycles. The van der Waals surface area contributed by atoms with Gasteiger partial charge in [0.2, 0.25) is 0 Å². The molecule has 1 aromatic heterocycles. The second-order valence-corrected chi connectivity index (χ2v) is 5.83. The zero-order chi connectivity index (χ0) is 17.1. The van der Waals surface area contributed by atoms with Gasteiger partial charge < -0.3 is 5.11 Å². The van der Waals surface area contributed by atoms with Crippen molar-refractivity contribution < 1.29 is 9.90 Å². The third kappa shape index (κ3) is 3.20. The maximum atomic E-state index is 12.6. The lowest BCUT2D eigenvalue weighted by atomic mass is 10.00. The summed E-state index contributed by atoms with van der Waals surface area (Å²) >= 11 is 0. The average Bonchev–Trinajstić information content (AvgIpc) is 2.62. The van der Waals surface area contributed by atoms with Gasteiger partial charge in [0.15, 0.2) is 5.78 Å². The number of carbonyl (C=O) groups is 1. The van der Waals surface area contributed by atoms with E-state index < -0.39 is 0 Å². The minimum atomic E-state index is -0.217. The molecule has 0 saturated heterocycles. The monoisotopic (exact) mass is 317 g/mol. The van der Waals surface area contributed by atoms with Crippen molar-refractivity contribution in [2.24, 2.45) is 0 Å². The Morgan fingerprint density at radius 1 is 1.04 bits per heavy atom. The van der Waals surface area contributed by atoms with Gasteiger partial charge in [0, 0.05) is 17.3 Å². The lowest BCUT2D eigenvalue weighted by Gasteiger charge is -2.07. The third-order valence-corrected chi connectivity index (χ3v) is 4.09. The van der Waals surface area contributed by atoms with Crippen LogP contribution in [-0.2, 0) is 6.42 Å². The van der Waals surface area contributed by atoms with Crippen molar-refractivity contribution in [3.8, 4) is 17.0 Å². The van der Waals surface area contributed by atoms with E-state index in [1.165, 1.54) is 5.56 Å². The number of aromatic nitrogens is 1. The molecule has 1 N–H and O–H groups in total. The molecule has 24 heavy (non-hydrogen) atoms. The Balaban J connectivity index is 1.90. The van der Waals surface area contributed by atoms with Crippen LogP contribution in [0.5, 0.6) is 5.75 Å². The molecule has 0 atom stereocenters. The summed E-state index contributed by atoms with van der Waals surface area (Å²) in [6, 6.07) is 16.8. The van der Waals surface area contributed by atoms with Crippen LogP contribution in [0.1, 0.15) is 34.0 Å². The molecule has 3 rings (SSSR count). The number of hydrogen-bond acceptors (Lipinski definition) is 3. The third-order valence-electron chi connectivity index (χ3n) is 4.09. The van der Waals surface area contributed by atoms with Crippen molar-refractivity contribution in [2.75, 3.05) is 0 Å². The van der Waals surface area contributed by atoms with Gasteiger partial charge in [-0.15, -0.1) is 0 Å². The van der Waals surface area contributed by atoms with Crippen molar-refractivity contribution in [3.63, 3.8) is 0 Å². The van der Waals surface area contributed by atoms with Gasteiger partial charge >= 0.3 is 0 Å². The van der Waals surface area contributed by atoms with Crippen LogP contribution in [0.25, 0.3) is 11.3 Å². The van der Waals surface area contributed by atoms with Crippen molar-refractivity contribution in [3.05, 3.63) is 83.0 Å². The minimum Gasteiger partial charge on any atom is -0.507 e. The van der Waals surface area contributed by atoms with Crippen LogP contribution in [0.4, 0.5) is 0 Å². The van der Waals surface area contributed by atoms with Crippen molar-refractivity contribution >= 4 is 5.78 Å². The Bertz CT molecular complexity index is 865. The highest BCUT2D eigenvalue weighted by Gasteiger charge is 2.14. The summed E-state index contributed by atoms with van der Waals surface area (Å²) in [5.74, 6) is -0.217. The fraction of sp³-hybridized carbons (Fsp3) is 0.143. The predicted octanol–water partition coefficient (Wildman–Crippen LogP) is 4.56. The van der Waals surface area contributed by atoms with E-state index >= 15 is 0 Å². The van der Waals surface area contributed by atoms with Gasteiger partial charge in [-0.2, -0.15) is 0 Å². The first-order valence-electron chi connectivity index (χ1n) is 7.98. The van der Waals surface area contributed by atoms with E-state index in [2.05, 4.69) is 4.98 Å². The maximum absolute atomic E-state index is 12.6. The zero-order valence-corrected chi connectivity index (χ0v) is 13.8. The Hall–Kier alpha value is -2.94. The molecule has 0 aliphatic heterocycles. The number of nitrogens with zero attached hydrogens (tertiary/aromatic N) is 1. The van der Waals surface area contributed by atoms with E-state index in [1.54, 1.807) is 24.4 Å². The van der Waals surface area contributed by atoms with Crippen LogP contribution in [0.15, 0.2) is 60.8 Å². The van der Waals surface area contributed by atoms with Gasteiger partial charge in [-0.1, -0.05) is 42.8 Å². The molecule has 0 aliphatic rings. The van der Waals surface area contributed by atoms with Crippen molar-refractivity contribution in [1.29, 1.82) is 0 Å². The lowest BCUT2D eigenvalue weighted by Crippen LogP contribution is -2.03. The van der Waals surface area contributed by atoms with Gasteiger partial charge in [0.05, 0.1) is 11.3 Å². The molecule has 0 fully saturated rings. The number of rotatable bonds is 4. The van der Waals surface area contributed by atoms with Gasteiger partial charge in [-0.05, 0) is 43.2 Å². The Morgan fingerprint density at radius 2 is 1.79 bits per heavy atom. The number of hydrogen-bond donors (Lipinski definition) is 1. The lowest BCUT2D eigenvalue weighted by molar-refractivity contribution is 0.103. The molecule has 3 heteroatoms. The molecule has 2 aromatic carbocycles. The number of phenolic OH excluding ortho intramolecular Hbond substituents is 1. The van der Waals surface area contributed by atoms with Crippen LogP contribution in [0, 0.1) is 6.92 Å². The average molecular weight is 317 g/mol. The largest absolute Gasteiger partial charge is 0.507 e. The fourth-order valence-electron chi connectivity index (χ4n) is 2.56. The number of ketones is 1.